The van der Waals surface area contributed by atoms with Gasteiger partial charge in [-0.25, -0.2) is 21.9 Å². The van der Waals surface area contributed by atoms with E-state index in [0.29, 0.717) is 5.56 Å². The number of nitrogens with one attached hydrogen (secondary N) is 1. The number of hydrogen-bond donors (Lipinski definition) is 1. The van der Waals surface area contributed by atoms with E-state index in [1.165, 1.54) is 69.6 Å². The number of halogens is 1. The molecule has 1 atom stereocenters. The topological polar surface area (TPSA) is 92.8 Å². The van der Waals surface area contributed by atoms with Crippen LogP contribution < -0.4 is 5.32 Å². The van der Waals surface area contributed by atoms with Crippen LogP contribution in [0, 0.1) is 5.82 Å². The Labute approximate surface area is 168 Å². The lowest BCUT2D eigenvalue weighted by Crippen LogP contribution is -2.29. The highest BCUT2D eigenvalue weighted by Gasteiger charge is 2.20. The van der Waals surface area contributed by atoms with E-state index < -0.39 is 33.8 Å². The van der Waals surface area contributed by atoms with Gasteiger partial charge in [0.25, 0.3) is 5.91 Å². The molecule has 29 heavy (non-hydrogen) atoms. The number of carbonyl (C=O) groups excluding carboxylic acids is 2. The van der Waals surface area contributed by atoms with E-state index >= 15 is 0 Å². The van der Waals surface area contributed by atoms with Crippen molar-refractivity contribution in [2.24, 2.45) is 0 Å². The van der Waals surface area contributed by atoms with Gasteiger partial charge in [0.2, 0.25) is 10.0 Å². The molecule has 0 aliphatic heterocycles. The summed E-state index contributed by atoms with van der Waals surface area (Å²) in [5.41, 5.74) is 0.717. The lowest BCUT2D eigenvalue weighted by molar-refractivity contribution is -0.148. The third kappa shape index (κ3) is 6.23. The molecule has 0 heterocycles. The second-order valence-corrected chi connectivity index (χ2v) is 8.42. The molecule has 0 aliphatic carbocycles. The van der Waals surface area contributed by atoms with Gasteiger partial charge in [0.15, 0.2) is 6.10 Å². The van der Waals surface area contributed by atoms with Crippen LogP contribution in [0.1, 0.15) is 12.5 Å². The summed E-state index contributed by atoms with van der Waals surface area (Å²) in [5.74, 6) is -1.84. The molecule has 0 saturated heterocycles. The first-order valence-electron chi connectivity index (χ1n) is 8.57. The van der Waals surface area contributed by atoms with Crippen molar-refractivity contribution in [3.05, 3.63) is 66.0 Å². The van der Waals surface area contributed by atoms with Crippen LogP contribution in [0.15, 0.2) is 59.5 Å². The number of hydrogen-bond acceptors (Lipinski definition) is 5. The molecule has 154 valence electrons. The van der Waals surface area contributed by atoms with Gasteiger partial charge in [-0.15, -0.1) is 0 Å². The van der Waals surface area contributed by atoms with Gasteiger partial charge in [-0.3, -0.25) is 4.79 Å². The van der Waals surface area contributed by atoms with Crippen LogP contribution in [0.5, 0.6) is 0 Å². The average Bonchev–Trinajstić information content (AvgIpc) is 2.66. The summed E-state index contributed by atoms with van der Waals surface area (Å²) in [6, 6.07) is 11.4. The maximum Gasteiger partial charge on any atom is 0.331 e. The Hall–Kier alpha value is -3.04. The first kappa shape index (κ1) is 22.3. The van der Waals surface area contributed by atoms with Crippen molar-refractivity contribution in [1.29, 1.82) is 0 Å². The molecule has 2 aromatic rings. The maximum atomic E-state index is 13.1. The predicted octanol–water partition coefficient (Wildman–Crippen LogP) is 2.66. The highest BCUT2D eigenvalue weighted by molar-refractivity contribution is 7.89. The molecule has 0 bridgehead atoms. The number of amides is 1. The van der Waals surface area contributed by atoms with Gasteiger partial charge in [-0.1, -0.05) is 18.2 Å². The highest BCUT2D eigenvalue weighted by Crippen LogP contribution is 2.18. The van der Waals surface area contributed by atoms with Gasteiger partial charge in [-0.05, 0) is 48.9 Å². The summed E-state index contributed by atoms with van der Waals surface area (Å²) in [5, 5.41) is 2.51. The Balaban J connectivity index is 1.99. The molecule has 2 rings (SSSR count). The molecule has 0 aromatic heterocycles. The Kier molecular flexibility index (Phi) is 7.24. The van der Waals surface area contributed by atoms with Gasteiger partial charge in [0.1, 0.15) is 5.82 Å². The normalized spacial score (nSPS) is 12.7. The van der Waals surface area contributed by atoms with E-state index in [0.717, 1.165) is 10.4 Å². The molecule has 1 N–H and O–H groups in total. The van der Waals surface area contributed by atoms with Gasteiger partial charge in [-0.2, -0.15) is 0 Å². The summed E-state index contributed by atoms with van der Waals surface area (Å²) < 4.78 is 43.5. The van der Waals surface area contributed by atoms with Crippen molar-refractivity contribution in [3.8, 4) is 0 Å². The molecule has 0 unspecified atom stereocenters. The Morgan fingerprint density at radius 2 is 1.83 bits per heavy atom. The molecule has 0 aliphatic rings. The molecule has 9 heteroatoms. The SMILES string of the molecule is C[C@@H](OC(=O)/C=C/c1cccc(F)c1)C(=O)Nc1cccc(S(=O)(=O)N(C)C)c1. The minimum Gasteiger partial charge on any atom is -0.449 e. The lowest BCUT2D eigenvalue weighted by atomic mass is 10.2. The van der Waals surface area contributed by atoms with Crippen LogP contribution in [0.25, 0.3) is 6.08 Å². The standard InChI is InChI=1S/C20H21FN2O5S/c1-14(28-19(24)11-10-15-6-4-7-16(21)12-15)20(25)22-17-8-5-9-18(13-17)29(26,27)23(2)3/h4-14H,1-3H3,(H,22,25)/b11-10+/t14-/m1/s1. The second-order valence-electron chi connectivity index (χ2n) is 6.27. The Morgan fingerprint density at radius 3 is 2.48 bits per heavy atom. The number of carbonyl (C=O) groups is 2. The van der Waals surface area contributed by atoms with Crippen molar-refractivity contribution in [1.82, 2.24) is 4.31 Å². The van der Waals surface area contributed by atoms with Crippen LogP contribution in [-0.2, 0) is 24.3 Å². The summed E-state index contributed by atoms with van der Waals surface area (Å²) in [6.45, 7) is 1.38. The van der Waals surface area contributed by atoms with Crippen molar-refractivity contribution < 1.29 is 27.1 Å². The molecule has 1 amide bonds. The highest BCUT2D eigenvalue weighted by atomic mass is 32.2. The van der Waals surface area contributed by atoms with Crippen LogP contribution in [0.3, 0.4) is 0 Å². The molecule has 2 aromatic carbocycles. The molecule has 0 fully saturated rings. The fourth-order valence-corrected chi connectivity index (χ4v) is 3.18. The first-order valence-corrected chi connectivity index (χ1v) is 10.0. The Bertz CT molecular complexity index is 1030. The van der Waals surface area contributed by atoms with Crippen LogP contribution in [0.4, 0.5) is 10.1 Å². The number of ether oxygens (including phenoxy) is 1. The molecule has 0 radical (unpaired) electrons. The van der Waals surface area contributed by atoms with Crippen molar-refractivity contribution in [3.63, 3.8) is 0 Å². The van der Waals surface area contributed by atoms with Crippen molar-refractivity contribution in [2.75, 3.05) is 19.4 Å². The average molecular weight is 420 g/mol. The maximum absolute atomic E-state index is 13.1. The first-order chi connectivity index (χ1) is 13.6. The number of rotatable bonds is 7. The van der Waals surface area contributed by atoms with E-state index in [-0.39, 0.29) is 10.6 Å². The van der Waals surface area contributed by atoms with E-state index in [1.54, 1.807) is 6.07 Å². The summed E-state index contributed by atoms with van der Waals surface area (Å²) in [7, 11) is -0.846. The summed E-state index contributed by atoms with van der Waals surface area (Å²) in [4.78, 5) is 24.1. The summed E-state index contributed by atoms with van der Waals surface area (Å²) in [6.07, 6.45) is 1.32. The van der Waals surface area contributed by atoms with Gasteiger partial charge in [0, 0.05) is 25.9 Å². The fraction of sp³-hybridized carbons (Fsp3) is 0.200. The Morgan fingerprint density at radius 1 is 1.14 bits per heavy atom. The van der Waals surface area contributed by atoms with Crippen LogP contribution in [-0.4, -0.2) is 44.8 Å². The zero-order valence-corrected chi connectivity index (χ0v) is 16.9. The minimum atomic E-state index is -3.65. The number of esters is 1. The van der Waals surface area contributed by atoms with Gasteiger partial charge < -0.3 is 10.1 Å². The van der Waals surface area contributed by atoms with E-state index in [9.17, 15) is 22.4 Å². The smallest absolute Gasteiger partial charge is 0.331 e. The number of sulfonamides is 1. The fourth-order valence-electron chi connectivity index (χ4n) is 2.23. The molecule has 0 spiro atoms. The van der Waals surface area contributed by atoms with Crippen LogP contribution >= 0.6 is 0 Å². The number of nitrogens with zero attached hydrogens (tertiary/aromatic N) is 1. The van der Waals surface area contributed by atoms with E-state index in [4.69, 9.17) is 4.74 Å². The number of benzene rings is 2. The molecule has 0 saturated carbocycles. The van der Waals surface area contributed by atoms with E-state index in [1.807, 2.05) is 0 Å². The van der Waals surface area contributed by atoms with E-state index in [2.05, 4.69) is 5.32 Å². The van der Waals surface area contributed by atoms with Crippen molar-refractivity contribution in [2.45, 2.75) is 17.9 Å². The molecular weight excluding hydrogens is 399 g/mol. The third-order valence-corrected chi connectivity index (χ3v) is 5.61. The van der Waals surface area contributed by atoms with Crippen molar-refractivity contribution >= 4 is 33.7 Å². The lowest BCUT2D eigenvalue weighted by Gasteiger charge is -2.14. The summed E-state index contributed by atoms with van der Waals surface area (Å²) >= 11 is 0. The molecule has 7 nitrogen and oxygen atoms in total. The zero-order valence-electron chi connectivity index (χ0n) is 16.1. The van der Waals surface area contributed by atoms with Gasteiger partial charge in [0.05, 0.1) is 4.90 Å². The quantitative estimate of drug-likeness (QED) is 0.549. The monoisotopic (exact) mass is 420 g/mol. The third-order valence-electron chi connectivity index (χ3n) is 3.80. The second kappa shape index (κ2) is 9.44. The zero-order chi connectivity index (χ0) is 21.6. The largest absolute Gasteiger partial charge is 0.449 e. The number of anilines is 1. The van der Waals surface area contributed by atoms with Gasteiger partial charge >= 0.3 is 5.97 Å². The van der Waals surface area contributed by atoms with Crippen LogP contribution in [0.2, 0.25) is 0 Å². The predicted molar refractivity (Wildman–Crippen MR) is 107 cm³/mol. The molecular formula is C20H21FN2O5S. The minimum absolute atomic E-state index is 0.0166.